The fraction of sp³-hybridized carbons (Fsp3) is 0.818. The Morgan fingerprint density at radius 2 is 2.14 bits per heavy atom. The Balaban J connectivity index is 4.02. The molecule has 0 saturated heterocycles. The van der Waals surface area contributed by atoms with Crippen molar-refractivity contribution in [3.05, 3.63) is 0 Å². The summed E-state index contributed by atoms with van der Waals surface area (Å²) in [7, 11) is 0. The van der Waals surface area contributed by atoms with Crippen molar-refractivity contribution in [1.82, 2.24) is 0 Å². The van der Waals surface area contributed by atoms with E-state index in [1.54, 1.807) is 0 Å². The molecule has 3 heteroatoms. The zero-order valence-electron chi connectivity index (χ0n) is 8.99. The van der Waals surface area contributed by atoms with Gasteiger partial charge in [0.25, 0.3) is 0 Å². The molecule has 3 nitrogen and oxygen atoms in total. The molecule has 0 unspecified atom stereocenters. The predicted octanol–water partition coefficient (Wildman–Crippen LogP) is 2.82. The van der Waals surface area contributed by atoms with Crippen LogP contribution in [0.3, 0.4) is 0 Å². The molecule has 0 radical (unpaired) electrons. The molecule has 0 rings (SSSR count). The quantitative estimate of drug-likeness (QED) is 0.682. The first-order valence-corrected chi connectivity index (χ1v) is 5.28. The van der Waals surface area contributed by atoms with Gasteiger partial charge in [0.05, 0.1) is 6.07 Å². The zero-order valence-corrected chi connectivity index (χ0v) is 8.99. The second-order valence-electron chi connectivity index (χ2n) is 3.67. The summed E-state index contributed by atoms with van der Waals surface area (Å²) in [5.41, 5.74) is 0. The van der Waals surface area contributed by atoms with Crippen LogP contribution in [-0.4, -0.2) is 11.1 Å². The predicted molar refractivity (Wildman–Crippen MR) is 54.7 cm³/mol. The monoisotopic (exact) mass is 197 g/mol. The van der Waals surface area contributed by atoms with E-state index in [4.69, 9.17) is 10.4 Å². The van der Waals surface area contributed by atoms with E-state index in [9.17, 15) is 4.79 Å². The van der Waals surface area contributed by atoms with Crippen molar-refractivity contribution in [3.63, 3.8) is 0 Å². The minimum Gasteiger partial charge on any atom is -0.480 e. The maximum atomic E-state index is 10.6. The summed E-state index contributed by atoms with van der Waals surface area (Å²) in [5, 5.41) is 17.4. The molecule has 0 aromatic heterocycles. The summed E-state index contributed by atoms with van der Waals surface area (Å²) in [6, 6.07) is 1.84. The van der Waals surface area contributed by atoms with Crippen molar-refractivity contribution in [2.24, 2.45) is 11.8 Å². The number of hydrogen-bond donors (Lipinski definition) is 1. The van der Waals surface area contributed by atoms with Crippen LogP contribution in [0.15, 0.2) is 0 Å². The third-order valence-corrected chi connectivity index (χ3v) is 2.57. The number of carbonyl (C=O) groups is 1. The molecule has 0 aromatic rings. The van der Waals surface area contributed by atoms with Crippen molar-refractivity contribution in [2.75, 3.05) is 0 Å². The fourth-order valence-corrected chi connectivity index (χ4v) is 1.52. The highest BCUT2D eigenvalue weighted by atomic mass is 16.4. The van der Waals surface area contributed by atoms with Crippen LogP contribution in [0.25, 0.3) is 0 Å². The Labute approximate surface area is 85.7 Å². The molecular weight excluding hydrogens is 178 g/mol. The van der Waals surface area contributed by atoms with E-state index >= 15 is 0 Å². The van der Waals surface area contributed by atoms with Gasteiger partial charge in [0, 0.05) is 0 Å². The zero-order chi connectivity index (χ0) is 11.0. The highest BCUT2D eigenvalue weighted by Gasteiger charge is 2.20. The molecule has 0 aliphatic heterocycles. The Hall–Kier alpha value is -1.04. The molecule has 2 atom stereocenters. The molecule has 0 aliphatic carbocycles. The van der Waals surface area contributed by atoms with E-state index in [-0.39, 0.29) is 0 Å². The standard InChI is InChI=1S/C11H19NO2/c1-3-5-6-9(4-2)7-10(8-12)11(13)14/h9-10H,3-7H2,1-2H3,(H,13,14)/t9-,10-/m1/s1. The molecule has 1 N–H and O–H groups in total. The lowest BCUT2D eigenvalue weighted by atomic mass is 9.89. The third-order valence-electron chi connectivity index (χ3n) is 2.57. The number of unbranched alkanes of at least 4 members (excludes halogenated alkanes) is 1. The Bertz CT molecular complexity index is 208. The number of carboxylic acid groups (broad SMARTS) is 1. The minimum absolute atomic E-state index is 0.385. The summed E-state index contributed by atoms with van der Waals surface area (Å²) in [4.78, 5) is 10.6. The van der Waals surface area contributed by atoms with Crippen LogP contribution in [0.2, 0.25) is 0 Å². The van der Waals surface area contributed by atoms with Crippen LogP contribution < -0.4 is 0 Å². The normalized spacial score (nSPS) is 14.4. The molecule has 0 aromatic carbocycles. The van der Waals surface area contributed by atoms with E-state index in [1.807, 2.05) is 6.07 Å². The van der Waals surface area contributed by atoms with Crippen LogP contribution in [0.4, 0.5) is 0 Å². The molecule has 0 aliphatic rings. The number of nitrogens with zero attached hydrogens (tertiary/aromatic N) is 1. The summed E-state index contributed by atoms with van der Waals surface area (Å²) in [6.07, 6.45) is 4.75. The lowest BCUT2D eigenvalue weighted by Gasteiger charge is -2.15. The van der Waals surface area contributed by atoms with Gasteiger partial charge in [-0.3, -0.25) is 4.79 Å². The van der Waals surface area contributed by atoms with Crippen LogP contribution in [0.1, 0.15) is 46.0 Å². The molecule has 0 saturated carbocycles. The smallest absolute Gasteiger partial charge is 0.320 e. The average Bonchev–Trinajstić information content (AvgIpc) is 2.18. The Morgan fingerprint density at radius 1 is 1.50 bits per heavy atom. The van der Waals surface area contributed by atoms with Gasteiger partial charge < -0.3 is 5.11 Å². The Kier molecular flexibility index (Phi) is 6.82. The third kappa shape index (κ3) is 4.86. The maximum absolute atomic E-state index is 10.6. The highest BCUT2D eigenvalue weighted by Crippen LogP contribution is 2.21. The summed E-state index contributed by atoms with van der Waals surface area (Å²) in [6.45, 7) is 4.17. The van der Waals surface area contributed by atoms with Gasteiger partial charge in [-0.05, 0) is 12.3 Å². The second kappa shape index (κ2) is 7.37. The molecular formula is C11H19NO2. The van der Waals surface area contributed by atoms with Crippen molar-refractivity contribution in [1.29, 1.82) is 5.26 Å². The van der Waals surface area contributed by atoms with Crippen LogP contribution in [0.5, 0.6) is 0 Å². The van der Waals surface area contributed by atoms with Gasteiger partial charge in [0.2, 0.25) is 0 Å². The van der Waals surface area contributed by atoms with E-state index < -0.39 is 11.9 Å². The van der Waals surface area contributed by atoms with Crippen molar-refractivity contribution < 1.29 is 9.90 Å². The molecule has 80 valence electrons. The minimum atomic E-state index is -0.984. The van der Waals surface area contributed by atoms with E-state index in [0.29, 0.717) is 12.3 Å². The van der Waals surface area contributed by atoms with Gasteiger partial charge in [0.1, 0.15) is 5.92 Å². The topological polar surface area (TPSA) is 61.1 Å². The van der Waals surface area contributed by atoms with E-state index in [1.165, 1.54) is 0 Å². The molecule has 14 heavy (non-hydrogen) atoms. The van der Waals surface area contributed by atoms with Gasteiger partial charge in [0.15, 0.2) is 0 Å². The number of carboxylic acids is 1. The van der Waals surface area contributed by atoms with Gasteiger partial charge in [-0.25, -0.2) is 0 Å². The molecule has 0 spiro atoms. The molecule has 0 heterocycles. The summed E-state index contributed by atoms with van der Waals surface area (Å²) in [5.74, 6) is -1.42. The van der Waals surface area contributed by atoms with Gasteiger partial charge >= 0.3 is 5.97 Å². The van der Waals surface area contributed by atoms with Crippen molar-refractivity contribution in [2.45, 2.75) is 46.0 Å². The van der Waals surface area contributed by atoms with E-state index in [0.717, 1.165) is 25.7 Å². The number of aliphatic carboxylic acids is 1. The number of nitriles is 1. The second-order valence-corrected chi connectivity index (χ2v) is 3.67. The fourth-order valence-electron chi connectivity index (χ4n) is 1.52. The Morgan fingerprint density at radius 3 is 2.50 bits per heavy atom. The first-order valence-electron chi connectivity index (χ1n) is 5.28. The highest BCUT2D eigenvalue weighted by molar-refractivity contribution is 5.72. The number of rotatable bonds is 7. The van der Waals surface area contributed by atoms with Crippen molar-refractivity contribution in [3.8, 4) is 6.07 Å². The summed E-state index contributed by atoms with van der Waals surface area (Å²) >= 11 is 0. The lowest BCUT2D eigenvalue weighted by molar-refractivity contribution is -0.140. The van der Waals surface area contributed by atoms with Gasteiger partial charge in [-0.2, -0.15) is 5.26 Å². The van der Waals surface area contributed by atoms with Crippen LogP contribution in [0, 0.1) is 23.2 Å². The SMILES string of the molecule is CCCC[C@@H](CC)C[C@H](C#N)C(=O)O. The van der Waals surface area contributed by atoms with Crippen LogP contribution >= 0.6 is 0 Å². The van der Waals surface area contributed by atoms with Crippen molar-refractivity contribution >= 4 is 5.97 Å². The first-order chi connectivity index (χ1) is 6.65. The van der Waals surface area contributed by atoms with E-state index in [2.05, 4.69) is 13.8 Å². The largest absolute Gasteiger partial charge is 0.480 e. The van der Waals surface area contributed by atoms with Gasteiger partial charge in [-0.1, -0.05) is 39.5 Å². The molecule has 0 amide bonds. The lowest BCUT2D eigenvalue weighted by Crippen LogP contribution is -2.16. The summed E-state index contributed by atoms with van der Waals surface area (Å²) < 4.78 is 0. The maximum Gasteiger partial charge on any atom is 0.320 e. The first kappa shape index (κ1) is 13.0. The van der Waals surface area contributed by atoms with Gasteiger partial charge in [-0.15, -0.1) is 0 Å². The van der Waals surface area contributed by atoms with Crippen LogP contribution in [-0.2, 0) is 4.79 Å². The number of hydrogen-bond acceptors (Lipinski definition) is 2. The molecule has 0 bridgehead atoms. The molecule has 0 fully saturated rings. The average molecular weight is 197 g/mol.